The van der Waals surface area contributed by atoms with E-state index >= 15 is 0 Å². The van der Waals surface area contributed by atoms with Gasteiger partial charge in [-0.3, -0.25) is 0 Å². The van der Waals surface area contributed by atoms with Crippen LogP contribution in [-0.2, 0) is 6.42 Å². The largest absolute Gasteiger partial charge is 0.461 e. The number of nitrogens with one attached hydrogen (secondary N) is 1. The highest BCUT2D eigenvalue weighted by Crippen LogP contribution is 2.24. The molecule has 2 nitrogen and oxygen atoms in total. The zero-order valence-corrected chi connectivity index (χ0v) is 8.63. The van der Waals surface area contributed by atoms with Crippen LogP contribution in [0, 0.1) is 6.92 Å². The molecule has 0 radical (unpaired) electrons. The summed E-state index contributed by atoms with van der Waals surface area (Å²) >= 11 is 0. The molecule has 0 spiro atoms. The second-order valence-corrected chi connectivity index (χ2v) is 3.50. The van der Waals surface area contributed by atoms with E-state index in [-0.39, 0.29) is 0 Å². The Morgan fingerprint density at radius 3 is 2.79 bits per heavy atom. The summed E-state index contributed by atoms with van der Waals surface area (Å²) in [6, 6.07) is 8.18. The third-order valence-electron chi connectivity index (χ3n) is 2.54. The summed E-state index contributed by atoms with van der Waals surface area (Å²) in [6.07, 6.45) is 0.955. The topological polar surface area (TPSA) is 25.2 Å². The van der Waals surface area contributed by atoms with Crippen molar-refractivity contribution in [2.45, 2.75) is 13.3 Å². The third kappa shape index (κ3) is 1.53. The Morgan fingerprint density at radius 2 is 2.07 bits per heavy atom. The summed E-state index contributed by atoms with van der Waals surface area (Å²) in [7, 11) is 1.96. The molecular formula is C12H15NO. The summed E-state index contributed by atoms with van der Waals surface area (Å²) in [5.41, 5.74) is 2.27. The number of likely N-dealkylation sites (N-methyl/N-ethyl adjacent to an activating group) is 1. The second kappa shape index (κ2) is 3.84. The minimum atomic E-state index is 0.955. The minimum Gasteiger partial charge on any atom is -0.461 e. The van der Waals surface area contributed by atoms with Gasteiger partial charge in [-0.15, -0.1) is 0 Å². The number of hydrogen-bond acceptors (Lipinski definition) is 2. The van der Waals surface area contributed by atoms with E-state index in [0.717, 1.165) is 24.3 Å². The van der Waals surface area contributed by atoms with Gasteiger partial charge in [-0.05, 0) is 25.6 Å². The molecule has 0 fully saturated rings. The molecule has 0 aliphatic heterocycles. The molecule has 2 heteroatoms. The lowest BCUT2D eigenvalue weighted by atomic mass is 10.1. The number of fused-ring (bicyclic) bond motifs is 1. The van der Waals surface area contributed by atoms with Gasteiger partial charge >= 0.3 is 0 Å². The van der Waals surface area contributed by atoms with Crippen molar-refractivity contribution in [2.24, 2.45) is 0 Å². The Bertz CT molecular complexity index is 431. The summed E-state index contributed by atoms with van der Waals surface area (Å²) in [5.74, 6) is 1.10. The molecule has 1 heterocycles. The lowest BCUT2D eigenvalue weighted by molar-refractivity contribution is 0.537. The first-order valence-corrected chi connectivity index (χ1v) is 4.94. The third-order valence-corrected chi connectivity index (χ3v) is 2.54. The van der Waals surface area contributed by atoms with Crippen LogP contribution in [0.25, 0.3) is 11.0 Å². The van der Waals surface area contributed by atoms with Crippen LogP contribution < -0.4 is 5.32 Å². The van der Waals surface area contributed by atoms with E-state index in [9.17, 15) is 0 Å². The lowest BCUT2D eigenvalue weighted by Crippen LogP contribution is -2.10. The molecule has 0 saturated carbocycles. The van der Waals surface area contributed by atoms with Gasteiger partial charge in [-0.1, -0.05) is 18.2 Å². The first kappa shape index (κ1) is 9.28. The van der Waals surface area contributed by atoms with E-state index in [1.54, 1.807) is 0 Å². The van der Waals surface area contributed by atoms with E-state index in [1.807, 2.05) is 25.2 Å². The van der Waals surface area contributed by atoms with Crippen molar-refractivity contribution >= 4 is 11.0 Å². The second-order valence-electron chi connectivity index (χ2n) is 3.50. The average Bonchev–Trinajstić information content (AvgIpc) is 2.54. The Kier molecular flexibility index (Phi) is 2.55. The summed E-state index contributed by atoms with van der Waals surface area (Å²) in [5, 5.41) is 4.36. The van der Waals surface area contributed by atoms with Crippen LogP contribution in [0.2, 0.25) is 0 Å². The maximum Gasteiger partial charge on any atom is 0.134 e. The summed E-state index contributed by atoms with van der Waals surface area (Å²) in [4.78, 5) is 0. The maximum atomic E-state index is 5.76. The van der Waals surface area contributed by atoms with Gasteiger partial charge < -0.3 is 9.73 Å². The molecule has 74 valence electrons. The van der Waals surface area contributed by atoms with E-state index < -0.39 is 0 Å². The quantitative estimate of drug-likeness (QED) is 0.802. The highest BCUT2D eigenvalue weighted by molar-refractivity contribution is 5.81. The Hall–Kier alpha value is -1.28. The molecule has 2 aromatic rings. The number of aryl methyl sites for hydroxylation is 1. The van der Waals surface area contributed by atoms with Gasteiger partial charge in [0.25, 0.3) is 0 Å². The van der Waals surface area contributed by atoms with Crippen molar-refractivity contribution < 1.29 is 4.42 Å². The highest BCUT2D eigenvalue weighted by atomic mass is 16.3. The Morgan fingerprint density at radius 1 is 1.29 bits per heavy atom. The van der Waals surface area contributed by atoms with Crippen LogP contribution in [0.5, 0.6) is 0 Å². The van der Waals surface area contributed by atoms with Gasteiger partial charge in [0.1, 0.15) is 11.3 Å². The van der Waals surface area contributed by atoms with Crippen molar-refractivity contribution in [1.29, 1.82) is 0 Å². The van der Waals surface area contributed by atoms with Crippen LogP contribution in [-0.4, -0.2) is 13.6 Å². The van der Waals surface area contributed by atoms with Gasteiger partial charge in [0.05, 0.1) is 0 Å². The van der Waals surface area contributed by atoms with Crippen molar-refractivity contribution in [1.82, 2.24) is 5.32 Å². The molecule has 0 bridgehead atoms. The molecule has 2 rings (SSSR count). The fourth-order valence-electron chi connectivity index (χ4n) is 1.70. The first-order valence-electron chi connectivity index (χ1n) is 4.94. The zero-order chi connectivity index (χ0) is 9.97. The lowest BCUT2D eigenvalue weighted by Gasteiger charge is -1.96. The van der Waals surface area contributed by atoms with Crippen LogP contribution >= 0.6 is 0 Å². The predicted octanol–water partition coefficient (Wildman–Crippen LogP) is 2.50. The molecule has 0 aliphatic carbocycles. The first-order chi connectivity index (χ1) is 6.83. The van der Waals surface area contributed by atoms with Crippen LogP contribution in [0.15, 0.2) is 28.7 Å². The normalized spacial score (nSPS) is 11.0. The van der Waals surface area contributed by atoms with Crippen LogP contribution in [0.4, 0.5) is 0 Å². The minimum absolute atomic E-state index is 0.955. The smallest absolute Gasteiger partial charge is 0.134 e. The molecule has 0 aliphatic rings. The summed E-state index contributed by atoms with van der Waals surface area (Å²) in [6.45, 7) is 3.08. The molecule has 14 heavy (non-hydrogen) atoms. The van der Waals surface area contributed by atoms with Crippen molar-refractivity contribution in [2.75, 3.05) is 13.6 Å². The van der Waals surface area contributed by atoms with Gasteiger partial charge in [0.2, 0.25) is 0 Å². The van der Waals surface area contributed by atoms with E-state index in [0.29, 0.717) is 0 Å². The van der Waals surface area contributed by atoms with Crippen LogP contribution in [0.1, 0.15) is 11.3 Å². The van der Waals surface area contributed by atoms with E-state index in [2.05, 4.69) is 18.3 Å². The molecular weight excluding hydrogens is 174 g/mol. The monoisotopic (exact) mass is 189 g/mol. The number of para-hydroxylation sites is 1. The van der Waals surface area contributed by atoms with E-state index in [4.69, 9.17) is 4.42 Å². The van der Waals surface area contributed by atoms with E-state index in [1.165, 1.54) is 10.9 Å². The predicted molar refractivity (Wildman–Crippen MR) is 58.6 cm³/mol. The number of hydrogen-bond donors (Lipinski definition) is 1. The SMILES string of the molecule is CNCCc1oc2ccccc2c1C. The molecule has 0 saturated heterocycles. The zero-order valence-electron chi connectivity index (χ0n) is 8.63. The fourth-order valence-corrected chi connectivity index (χ4v) is 1.70. The van der Waals surface area contributed by atoms with Crippen LogP contribution in [0.3, 0.4) is 0 Å². The van der Waals surface area contributed by atoms with Gasteiger partial charge in [0.15, 0.2) is 0 Å². The molecule has 0 atom stereocenters. The molecule has 1 aromatic heterocycles. The summed E-state index contributed by atoms with van der Waals surface area (Å²) < 4.78 is 5.76. The van der Waals surface area contributed by atoms with Crippen molar-refractivity contribution in [3.8, 4) is 0 Å². The molecule has 0 unspecified atom stereocenters. The van der Waals surface area contributed by atoms with Crippen molar-refractivity contribution in [3.63, 3.8) is 0 Å². The van der Waals surface area contributed by atoms with Gasteiger partial charge in [-0.2, -0.15) is 0 Å². The fraction of sp³-hybridized carbons (Fsp3) is 0.333. The molecule has 1 aromatic carbocycles. The molecule has 1 N–H and O–H groups in total. The number of furan rings is 1. The number of benzene rings is 1. The highest BCUT2D eigenvalue weighted by Gasteiger charge is 2.08. The molecule has 0 amide bonds. The Balaban J connectivity index is 2.41. The standard InChI is InChI=1S/C12H15NO/c1-9-10-5-3-4-6-12(10)14-11(9)7-8-13-2/h3-6,13H,7-8H2,1-2H3. The van der Waals surface area contributed by atoms with Crippen molar-refractivity contribution in [3.05, 3.63) is 35.6 Å². The Labute approximate surface area is 83.9 Å². The van der Waals surface area contributed by atoms with Gasteiger partial charge in [-0.25, -0.2) is 0 Å². The number of rotatable bonds is 3. The maximum absolute atomic E-state index is 5.76. The average molecular weight is 189 g/mol. The van der Waals surface area contributed by atoms with Gasteiger partial charge in [0, 0.05) is 18.4 Å².